The third kappa shape index (κ3) is 2.11. The van der Waals surface area contributed by atoms with Crippen LogP contribution < -0.4 is 4.74 Å². The Labute approximate surface area is 107 Å². The molecule has 0 fully saturated rings. The van der Waals surface area contributed by atoms with E-state index in [1.807, 2.05) is 42.8 Å². The predicted molar refractivity (Wildman–Crippen MR) is 70.7 cm³/mol. The summed E-state index contributed by atoms with van der Waals surface area (Å²) < 4.78 is 7.39. The van der Waals surface area contributed by atoms with Crippen LogP contribution in [0.1, 0.15) is 11.4 Å². The second-order valence-electron chi connectivity index (χ2n) is 4.20. The molecule has 0 bridgehead atoms. The molecule has 18 heavy (non-hydrogen) atoms. The van der Waals surface area contributed by atoms with Gasteiger partial charge in [-0.05, 0) is 19.1 Å². The van der Waals surface area contributed by atoms with Gasteiger partial charge >= 0.3 is 0 Å². The van der Waals surface area contributed by atoms with Gasteiger partial charge in [-0.25, -0.2) is 4.98 Å². The molecule has 4 nitrogen and oxygen atoms in total. The van der Waals surface area contributed by atoms with E-state index in [1.54, 1.807) is 7.11 Å². The van der Waals surface area contributed by atoms with Gasteiger partial charge in [0, 0.05) is 25.8 Å². The van der Waals surface area contributed by atoms with E-state index in [9.17, 15) is 0 Å². The van der Waals surface area contributed by atoms with Gasteiger partial charge in [-0.3, -0.25) is 0 Å². The highest BCUT2D eigenvalue weighted by Crippen LogP contribution is 2.29. The molecule has 1 aromatic carbocycles. The molecule has 0 amide bonds. The van der Waals surface area contributed by atoms with Gasteiger partial charge in [-0.15, -0.1) is 0 Å². The molecule has 1 heterocycles. The van der Waals surface area contributed by atoms with E-state index in [4.69, 9.17) is 9.84 Å². The Morgan fingerprint density at radius 1 is 1.33 bits per heavy atom. The number of aromatic nitrogens is 2. The molecule has 2 aromatic rings. The number of nitrogens with zero attached hydrogens (tertiary/aromatic N) is 2. The van der Waals surface area contributed by atoms with E-state index in [0.717, 1.165) is 28.5 Å². The molecule has 1 N–H and O–H groups in total. The second-order valence-corrected chi connectivity index (χ2v) is 4.20. The average Bonchev–Trinajstić information content (AvgIpc) is 2.67. The van der Waals surface area contributed by atoms with Crippen molar-refractivity contribution in [2.75, 3.05) is 13.7 Å². The fraction of sp³-hybridized carbons (Fsp3) is 0.357. The third-order valence-corrected chi connectivity index (χ3v) is 3.18. The van der Waals surface area contributed by atoms with Crippen LogP contribution in [0, 0.1) is 6.92 Å². The molecule has 0 unspecified atom stereocenters. The van der Waals surface area contributed by atoms with E-state index in [0.29, 0.717) is 6.42 Å². The summed E-state index contributed by atoms with van der Waals surface area (Å²) in [6.07, 6.45) is 0.578. The van der Waals surface area contributed by atoms with E-state index in [-0.39, 0.29) is 6.61 Å². The summed E-state index contributed by atoms with van der Waals surface area (Å²) in [6, 6.07) is 7.81. The minimum atomic E-state index is 0.114. The normalized spacial score (nSPS) is 10.7. The van der Waals surface area contributed by atoms with E-state index < -0.39 is 0 Å². The summed E-state index contributed by atoms with van der Waals surface area (Å²) >= 11 is 0. The van der Waals surface area contributed by atoms with Gasteiger partial charge in [0.2, 0.25) is 0 Å². The summed E-state index contributed by atoms with van der Waals surface area (Å²) in [5, 5.41) is 9.04. The number of imidazole rings is 1. The topological polar surface area (TPSA) is 47.3 Å². The number of hydrogen-bond acceptors (Lipinski definition) is 3. The molecule has 2 rings (SSSR count). The summed E-state index contributed by atoms with van der Waals surface area (Å²) in [5.74, 6) is 1.68. The van der Waals surface area contributed by atoms with Gasteiger partial charge in [0.25, 0.3) is 0 Å². The second kappa shape index (κ2) is 5.23. The number of ether oxygens (including phenoxy) is 1. The molecule has 0 radical (unpaired) electrons. The summed E-state index contributed by atoms with van der Waals surface area (Å²) in [6.45, 7) is 2.13. The minimum Gasteiger partial charge on any atom is -0.496 e. The standard InChI is InChI=1S/C14H18N2O2/c1-10-12(8-9-17)15-14(16(10)2)11-6-4-5-7-13(11)18-3/h4-7,17H,8-9H2,1-3H3. The first-order chi connectivity index (χ1) is 8.69. The van der Waals surface area contributed by atoms with Crippen molar-refractivity contribution in [3.05, 3.63) is 35.7 Å². The van der Waals surface area contributed by atoms with Crippen LogP contribution in [0.5, 0.6) is 5.75 Å². The maximum atomic E-state index is 9.04. The highest BCUT2D eigenvalue weighted by Gasteiger charge is 2.15. The maximum Gasteiger partial charge on any atom is 0.143 e. The van der Waals surface area contributed by atoms with Gasteiger partial charge < -0.3 is 14.4 Å². The van der Waals surface area contributed by atoms with E-state index in [1.165, 1.54) is 0 Å². The molecule has 0 aliphatic heterocycles. The number of aliphatic hydroxyl groups is 1. The Morgan fingerprint density at radius 2 is 2.06 bits per heavy atom. The number of methoxy groups -OCH3 is 1. The Kier molecular flexibility index (Phi) is 3.67. The smallest absolute Gasteiger partial charge is 0.143 e. The lowest BCUT2D eigenvalue weighted by Crippen LogP contribution is -1.97. The first-order valence-corrected chi connectivity index (χ1v) is 5.95. The van der Waals surface area contributed by atoms with Crippen LogP contribution in [-0.2, 0) is 13.5 Å². The molecule has 0 saturated carbocycles. The maximum absolute atomic E-state index is 9.04. The van der Waals surface area contributed by atoms with Gasteiger partial charge in [-0.1, -0.05) is 12.1 Å². The molecular weight excluding hydrogens is 228 g/mol. The third-order valence-electron chi connectivity index (χ3n) is 3.18. The molecule has 0 atom stereocenters. The van der Waals surface area contributed by atoms with Gasteiger partial charge in [0.1, 0.15) is 11.6 Å². The fourth-order valence-corrected chi connectivity index (χ4v) is 2.05. The SMILES string of the molecule is COc1ccccc1-c1nc(CCO)c(C)n1C. The van der Waals surface area contributed by atoms with Crippen LogP contribution in [-0.4, -0.2) is 28.4 Å². The van der Waals surface area contributed by atoms with Crippen molar-refractivity contribution in [1.29, 1.82) is 0 Å². The molecule has 0 saturated heterocycles. The molecule has 1 aromatic heterocycles. The van der Waals surface area contributed by atoms with Crippen LogP contribution in [0.25, 0.3) is 11.4 Å². The highest BCUT2D eigenvalue weighted by atomic mass is 16.5. The van der Waals surface area contributed by atoms with Crippen molar-refractivity contribution in [1.82, 2.24) is 9.55 Å². The zero-order chi connectivity index (χ0) is 13.1. The van der Waals surface area contributed by atoms with Gasteiger partial charge in [-0.2, -0.15) is 0 Å². The number of aliphatic hydroxyl groups excluding tert-OH is 1. The van der Waals surface area contributed by atoms with Crippen LogP contribution >= 0.6 is 0 Å². The van der Waals surface area contributed by atoms with Crippen molar-refractivity contribution in [3.63, 3.8) is 0 Å². The van der Waals surface area contributed by atoms with Crippen molar-refractivity contribution in [2.45, 2.75) is 13.3 Å². The van der Waals surface area contributed by atoms with Gasteiger partial charge in [0.15, 0.2) is 0 Å². The van der Waals surface area contributed by atoms with Crippen molar-refractivity contribution >= 4 is 0 Å². The largest absolute Gasteiger partial charge is 0.496 e. The van der Waals surface area contributed by atoms with Crippen LogP contribution in [0.15, 0.2) is 24.3 Å². The highest BCUT2D eigenvalue weighted by molar-refractivity contribution is 5.65. The molecule has 96 valence electrons. The van der Waals surface area contributed by atoms with Crippen molar-refractivity contribution in [2.24, 2.45) is 7.05 Å². The number of benzene rings is 1. The molecular formula is C14H18N2O2. The van der Waals surface area contributed by atoms with Crippen molar-refractivity contribution < 1.29 is 9.84 Å². The molecule has 0 aliphatic carbocycles. The number of hydrogen-bond donors (Lipinski definition) is 1. The Morgan fingerprint density at radius 3 is 2.72 bits per heavy atom. The summed E-state index contributed by atoms with van der Waals surface area (Å²) in [5.41, 5.74) is 2.97. The zero-order valence-electron chi connectivity index (χ0n) is 11.0. The molecule has 0 spiro atoms. The minimum absolute atomic E-state index is 0.114. The fourth-order valence-electron chi connectivity index (χ4n) is 2.05. The lowest BCUT2D eigenvalue weighted by Gasteiger charge is -2.08. The molecule has 4 heteroatoms. The average molecular weight is 246 g/mol. The number of para-hydroxylation sites is 1. The Bertz CT molecular complexity index is 547. The van der Waals surface area contributed by atoms with Crippen molar-refractivity contribution in [3.8, 4) is 17.1 Å². The first kappa shape index (κ1) is 12.6. The predicted octanol–water partition coefficient (Wildman–Crippen LogP) is 1.94. The Hall–Kier alpha value is -1.81. The first-order valence-electron chi connectivity index (χ1n) is 5.95. The monoisotopic (exact) mass is 246 g/mol. The van der Waals surface area contributed by atoms with E-state index >= 15 is 0 Å². The van der Waals surface area contributed by atoms with Crippen LogP contribution in [0.4, 0.5) is 0 Å². The summed E-state index contributed by atoms with van der Waals surface area (Å²) in [4.78, 5) is 4.60. The zero-order valence-corrected chi connectivity index (χ0v) is 11.0. The van der Waals surface area contributed by atoms with Crippen LogP contribution in [0.3, 0.4) is 0 Å². The quantitative estimate of drug-likeness (QED) is 0.896. The summed E-state index contributed by atoms with van der Waals surface area (Å²) in [7, 11) is 3.63. The number of rotatable bonds is 4. The Balaban J connectivity index is 2.54. The van der Waals surface area contributed by atoms with E-state index in [2.05, 4.69) is 4.98 Å². The van der Waals surface area contributed by atoms with Gasteiger partial charge in [0.05, 0.1) is 18.4 Å². The molecule has 0 aliphatic rings. The lowest BCUT2D eigenvalue weighted by molar-refractivity contribution is 0.298. The lowest BCUT2D eigenvalue weighted by atomic mass is 10.2. The van der Waals surface area contributed by atoms with Crippen LogP contribution in [0.2, 0.25) is 0 Å².